The van der Waals surface area contributed by atoms with Crippen molar-refractivity contribution in [3.05, 3.63) is 35.9 Å². The third-order valence-corrected chi connectivity index (χ3v) is 4.03. The van der Waals surface area contributed by atoms with Gasteiger partial charge in [0, 0.05) is 0 Å². The van der Waals surface area contributed by atoms with Crippen LogP contribution in [0.25, 0.3) is 0 Å². The van der Waals surface area contributed by atoms with E-state index in [1.54, 1.807) is 13.8 Å². The van der Waals surface area contributed by atoms with Crippen LogP contribution in [0.3, 0.4) is 0 Å². The first-order valence-corrected chi connectivity index (χ1v) is 7.73. The van der Waals surface area contributed by atoms with Gasteiger partial charge < -0.3 is 0 Å². The lowest BCUT2D eigenvalue weighted by Gasteiger charge is -2.22. The zero-order chi connectivity index (χ0) is 13.4. The zero-order valence-corrected chi connectivity index (χ0v) is 12.1. The molecule has 0 aliphatic heterocycles. The van der Waals surface area contributed by atoms with E-state index in [2.05, 4.69) is 0 Å². The van der Waals surface area contributed by atoms with Gasteiger partial charge in [-0.15, -0.1) is 0 Å². The Hall–Kier alpha value is -0.670. The minimum atomic E-state index is -3.46. The number of hydrogen-bond donors (Lipinski definition) is 0. The van der Waals surface area contributed by atoms with Gasteiger partial charge in [0.05, 0.1) is 19.3 Å². The third kappa shape index (κ3) is 4.54. The molecular weight excluding hydrogens is 251 g/mol. The van der Waals surface area contributed by atoms with Crippen molar-refractivity contribution >= 4 is 7.82 Å². The molecule has 4 nitrogen and oxygen atoms in total. The van der Waals surface area contributed by atoms with E-state index in [0.29, 0.717) is 19.6 Å². The molecule has 1 unspecified atom stereocenters. The second-order valence-corrected chi connectivity index (χ2v) is 5.32. The molecule has 0 heterocycles. The summed E-state index contributed by atoms with van der Waals surface area (Å²) in [5, 5.41) is 0. The molecule has 5 heteroatoms. The Morgan fingerprint density at radius 2 is 1.61 bits per heavy atom. The highest BCUT2D eigenvalue weighted by molar-refractivity contribution is 7.48. The van der Waals surface area contributed by atoms with E-state index < -0.39 is 7.82 Å². The fraction of sp³-hybridized carbons (Fsp3) is 0.538. The van der Waals surface area contributed by atoms with Crippen molar-refractivity contribution in [1.29, 1.82) is 0 Å². The van der Waals surface area contributed by atoms with Crippen molar-refractivity contribution in [2.75, 3.05) is 13.2 Å². The minimum absolute atomic E-state index is 0.282. The summed E-state index contributed by atoms with van der Waals surface area (Å²) in [4.78, 5) is 0. The summed E-state index contributed by atoms with van der Waals surface area (Å²) in [6.07, 6.45) is 0.420. The summed E-state index contributed by atoms with van der Waals surface area (Å²) >= 11 is 0. The molecule has 1 rings (SSSR count). The van der Waals surface area contributed by atoms with Crippen LogP contribution in [-0.4, -0.2) is 13.2 Å². The lowest BCUT2D eigenvalue weighted by molar-refractivity contribution is 0.0817. The number of rotatable bonds is 8. The van der Waals surface area contributed by atoms with Crippen LogP contribution in [0.5, 0.6) is 0 Å². The fourth-order valence-electron chi connectivity index (χ4n) is 1.61. The van der Waals surface area contributed by atoms with E-state index in [4.69, 9.17) is 13.6 Å². The molecule has 0 saturated carbocycles. The van der Waals surface area contributed by atoms with Gasteiger partial charge in [-0.3, -0.25) is 13.6 Å². The van der Waals surface area contributed by atoms with Gasteiger partial charge in [0.15, 0.2) is 0 Å². The van der Waals surface area contributed by atoms with E-state index in [1.807, 2.05) is 37.3 Å². The summed E-state index contributed by atoms with van der Waals surface area (Å²) in [5.74, 6) is 0. The number of hydrogen-bond acceptors (Lipinski definition) is 4. The van der Waals surface area contributed by atoms with Crippen LogP contribution >= 0.6 is 7.82 Å². The molecule has 18 heavy (non-hydrogen) atoms. The molecule has 1 aromatic rings. The van der Waals surface area contributed by atoms with E-state index in [-0.39, 0.29) is 6.10 Å². The molecule has 1 atom stereocenters. The Balaban J connectivity index is 2.80. The van der Waals surface area contributed by atoms with Crippen LogP contribution in [-0.2, 0) is 18.1 Å². The van der Waals surface area contributed by atoms with E-state index >= 15 is 0 Å². The molecule has 0 aliphatic carbocycles. The maximum Gasteiger partial charge on any atom is 0.475 e. The monoisotopic (exact) mass is 272 g/mol. The van der Waals surface area contributed by atoms with Gasteiger partial charge in [-0.25, -0.2) is 4.57 Å². The second kappa shape index (κ2) is 7.70. The molecule has 0 aromatic heterocycles. The predicted molar refractivity (Wildman–Crippen MR) is 71.4 cm³/mol. The Bertz CT molecular complexity index is 370. The van der Waals surface area contributed by atoms with Crippen molar-refractivity contribution in [1.82, 2.24) is 0 Å². The van der Waals surface area contributed by atoms with Crippen LogP contribution in [0.2, 0.25) is 0 Å². The van der Waals surface area contributed by atoms with Gasteiger partial charge in [-0.2, -0.15) is 0 Å². The maximum absolute atomic E-state index is 12.3. The molecule has 0 amide bonds. The maximum atomic E-state index is 12.3. The minimum Gasteiger partial charge on any atom is -0.287 e. The Kier molecular flexibility index (Phi) is 6.58. The highest BCUT2D eigenvalue weighted by Gasteiger charge is 2.29. The second-order valence-electron chi connectivity index (χ2n) is 3.70. The van der Waals surface area contributed by atoms with Crippen molar-refractivity contribution in [3.8, 4) is 0 Å². The molecule has 0 radical (unpaired) electrons. The summed E-state index contributed by atoms with van der Waals surface area (Å²) in [5.41, 5.74) is 0.972. The topological polar surface area (TPSA) is 44.8 Å². The van der Waals surface area contributed by atoms with Gasteiger partial charge in [0.25, 0.3) is 0 Å². The molecule has 102 valence electrons. The summed E-state index contributed by atoms with van der Waals surface area (Å²) in [6.45, 7) is 6.09. The predicted octanol–water partition coefficient (Wildman–Crippen LogP) is 4.34. The van der Waals surface area contributed by atoms with Crippen molar-refractivity contribution in [2.24, 2.45) is 0 Å². The van der Waals surface area contributed by atoms with Crippen molar-refractivity contribution in [3.63, 3.8) is 0 Å². The smallest absolute Gasteiger partial charge is 0.287 e. The summed E-state index contributed by atoms with van der Waals surface area (Å²) in [7, 11) is -3.46. The van der Waals surface area contributed by atoms with E-state index in [0.717, 1.165) is 5.56 Å². The first-order valence-electron chi connectivity index (χ1n) is 6.27. The summed E-state index contributed by atoms with van der Waals surface area (Å²) < 4.78 is 28.1. The lowest BCUT2D eigenvalue weighted by atomic mass is 10.1. The standard InChI is InChI=1S/C13H21O4P/c1-4-13(12-10-8-7-9-11-12)17-18(14,15-5-2)16-6-3/h7-11,13H,4-6H2,1-3H3. The molecule has 0 bridgehead atoms. The van der Waals surface area contributed by atoms with Crippen LogP contribution in [0.15, 0.2) is 30.3 Å². The number of benzene rings is 1. The van der Waals surface area contributed by atoms with Crippen molar-refractivity contribution < 1.29 is 18.1 Å². The quantitative estimate of drug-likeness (QED) is 0.660. The van der Waals surface area contributed by atoms with Gasteiger partial charge in [-0.1, -0.05) is 37.3 Å². The molecule has 0 saturated heterocycles. The fourth-order valence-corrected chi connectivity index (χ4v) is 3.02. The largest absolute Gasteiger partial charge is 0.475 e. The van der Waals surface area contributed by atoms with Crippen molar-refractivity contribution in [2.45, 2.75) is 33.3 Å². The molecule has 0 fully saturated rings. The Labute approximate surface area is 109 Å². The van der Waals surface area contributed by atoms with Crippen LogP contribution in [0, 0.1) is 0 Å². The average Bonchev–Trinajstić information content (AvgIpc) is 2.38. The van der Waals surface area contributed by atoms with E-state index in [9.17, 15) is 4.57 Å². The summed E-state index contributed by atoms with van der Waals surface area (Å²) in [6, 6.07) is 9.66. The van der Waals surface area contributed by atoms with Crippen LogP contribution in [0.4, 0.5) is 0 Å². The molecule has 0 N–H and O–H groups in total. The zero-order valence-electron chi connectivity index (χ0n) is 11.2. The molecule has 1 aromatic carbocycles. The normalized spacial score (nSPS) is 13.5. The number of phosphoric acid groups is 1. The highest BCUT2D eigenvalue weighted by Crippen LogP contribution is 2.53. The van der Waals surface area contributed by atoms with Gasteiger partial charge in [0.2, 0.25) is 0 Å². The SMILES string of the molecule is CCOP(=O)(OCC)OC(CC)c1ccccc1. The average molecular weight is 272 g/mol. The first-order chi connectivity index (χ1) is 8.65. The van der Waals surface area contributed by atoms with E-state index in [1.165, 1.54) is 0 Å². The Morgan fingerprint density at radius 1 is 1.06 bits per heavy atom. The molecule has 0 spiro atoms. The van der Waals surface area contributed by atoms with Crippen LogP contribution in [0.1, 0.15) is 38.9 Å². The molecular formula is C13H21O4P. The molecule has 0 aliphatic rings. The number of phosphoric ester groups is 1. The van der Waals surface area contributed by atoms with Crippen LogP contribution < -0.4 is 0 Å². The van der Waals surface area contributed by atoms with Gasteiger partial charge in [0.1, 0.15) is 0 Å². The van der Waals surface area contributed by atoms with Gasteiger partial charge >= 0.3 is 7.82 Å². The Morgan fingerprint density at radius 3 is 2.06 bits per heavy atom. The first kappa shape index (κ1) is 15.4. The third-order valence-electron chi connectivity index (χ3n) is 2.37. The lowest BCUT2D eigenvalue weighted by Crippen LogP contribution is -2.06. The highest BCUT2D eigenvalue weighted by atomic mass is 31.2. The van der Waals surface area contributed by atoms with Gasteiger partial charge in [-0.05, 0) is 25.8 Å².